The summed E-state index contributed by atoms with van der Waals surface area (Å²) in [4.78, 5) is 17.1. The minimum Gasteiger partial charge on any atom is -0.496 e. The van der Waals surface area contributed by atoms with Crippen molar-refractivity contribution < 1.29 is 19.0 Å². The molecule has 1 saturated carbocycles. The van der Waals surface area contributed by atoms with Gasteiger partial charge < -0.3 is 14.8 Å². The predicted molar refractivity (Wildman–Crippen MR) is 122 cm³/mol. The molecule has 1 saturated heterocycles. The first-order valence-electron chi connectivity index (χ1n) is 11.2. The van der Waals surface area contributed by atoms with E-state index >= 15 is 0 Å². The molecule has 0 bridgehead atoms. The van der Waals surface area contributed by atoms with Crippen LogP contribution in [0, 0.1) is 12.3 Å². The van der Waals surface area contributed by atoms with Gasteiger partial charge in [0.2, 0.25) is 0 Å². The molecule has 1 spiro atoms. The van der Waals surface area contributed by atoms with Crippen molar-refractivity contribution in [1.29, 1.82) is 0 Å². The Hall–Kier alpha value is -2.86. The predicted octanol–water partition coefficient (Wildman–Crippen LogP) is 5.64. The Labute approximate surface area is 187 Å². The molecule has 2 N–H and O–H groups in total. The third kappa shape index (κ3) is 3.56. The van der Waals surface area contributed by atoms with Crippen LogP contribution < -0.4 is 4.74 Å². The number of likely N-dealkylation sites (tertiary alicyclic amines) is 1. The molecular weight excluding hydrogens is 407 g/mol. The number of carboxylic acids is 1. The third-order valence-corrected chi connectivity index (χ3v) is 7.54. The molecule has 2 heterocycles. The summed E-state index contributed by atoms with van der Waals surface area (Å²) in [6.07, 6.45) is 4.43. The normalized spacial score (nSPS) is 25.7. The van der Waals surface area contributed by atoms with Gasteiger partial charge in [-0.3, -0.25) is 4.90 Å². The van der Waals surface area contributed by atoms with Gasteiger partial charge in [0.25, 0.3) is 0 Å². The zero-order valence-electron chi connectivity index (χ0n) is 18.5. The van der Waals surface area contributed by atoms with Gasteiger partial charge in [-0.25, -0.2) is 9.18 Å². The number of carbonyl (C=O) groups is 1. The summed E-state index contributed by atoms with van der Waals surface area (Å²) in [5, 5.41) is 10.4. The quantitative estimate of drug-likeness (QED) is 0.543. The number of piperidine rings is 1. The Bertz CT molecular complexity index is 1150. The van der Waals surface area contributed by atoms with Crippen molar-refractivity contribution in [2.75, 3.05) is 13.7 Å². The molecule has 2 aliphatic rings. The molecule has 6 heteroatoms. The largest absolute Gasteiger partial charge is 0.496 e. The van der Waals surface area contributed by atoms with Crippen LogP contribution in [0.25, 0.3) is 10.9 Å². The minimum atomic E-state index is -0.924. The van der Waals surface area contributed by atoms with E-state index in [1.54, 1.807) is 19.2 Å². The van der Waals surface area contributed by atoms with E-state index in [4.69, 9.17) is 4.74 Å². The summed E-state index contributed by atoms with van der Waals surface area (Å²) < 4.78 is 19.6. The maximum absolute atomic E-state index is 13.8. The van der Waals surface area contributed by atoms with Gasteiger partial charge in [-0.1, -0.05) is 12.1 Å². The van der Waals surface area contributed by atoms with Gasteiger partial charge in [0.1, 0.15) is 11.9 Å². The fourth-order valence-electron chi connectivity index (χ4n) is 5.78. The third-order valence-electron chi connectivity index (χ3n) is 7.54. The summed E-state index contributed by atoms with van der Waals surface area (Å²) in [6, 6.07) is 11.5. The van der Waals surface area contributed by atoms with Crippen molar-refractivity contribution in [1.82, 2.24) is 9.88 Å². The highest BCUT2D eigenvalue weighted by Crippen LogP contribution is 2.55. The molecule has 32 heavy (non-hydrogen) atoms. The van der Waals surface area contributed by atoms with Crippen LogP contribution in [0.2, 0.25) is 0 Å². The second-order valence-electron chi connectivity index (χ2n) is 9.51. The number of aromatic carboxylic acids is 1. The minimum absolute atomic E-state index is 0.0623. The Morgan fingerprint density at radius 1 is 1.25 bits per heavy atom. The fourth-order valence-corrected chi connectivity index (χ4v) is 5.78. The zero-order chi connectivity index (χ0) is 22.5. The van der Waals surface area contributed by atoms with Crippen LogP contribution in [0.1, 0.15) is 58.8 Å². The SMILES string of the molecule is COc1cc(C)c2[nH]ccc2c1CN1CCC2(CC(F)C2)CC1c1ccc(C(=O)O)cc1. The summed E-state index contributed by atoms with van der Waals surface area (Å²) >= 11 is 0. The molecule has 0 amide bonds. The van der Waals surface area contributed by atoms with Gasteiger partial charge >= 0.3 is 5.97 Å². The molecule has 1 aliphatic heterocycles. The topological polar surface area (TPSA) is 65.6 Å². The Morgan fingerprint density at radius 2 is 2.00 bits per heavy atom. The van der Waals surface area contributed by atoms with Gasteiger partial charge in [0.15, 0.2) is 0 Å². The van der Waals surface area contributed by atoms with Crippen LogP contribution >= 0.6 is 0 Å². The molecule has 1 aliphatic carbocycles. The molecular formula is C26H29FN2O3. The summed E-state index contributed by atoms with van der Waals surface area (Å²) in [5.74, 6) is -0.0469. The maximum Gasteiger partial charge on any atom is 0.335 e. The molecule has 0 radical (unpaired) electrons. The van der Waals surface area contributed by atoms with Gasteiger partial charge in [0, 0.05) is 35.2 Å². The monoisotopic (exact) mass is 436 g/mol. The highest BCUT2D eigenvalue weighted by molar-refractivity contribution is 5.88. The second-order valence-corrected chi connectivity index (χ2v) is 9.51. The number of halogens is 1. The fraction of sp³-hybridized carbons (Fsp3) is 0.423. The van der Waals surface area contributed by atoms with Crippen molar-refractivity contribution in [3.63, 3.8) is 0 Å². The van der Waals surface area contributed by atoms with Gasteiger partial charge in [0.05, 0.1) is 12.7 Å². The number of rotatable bonds is 5. The summed E-state index contributed by atoms with van der Waals surface area (Å²) in [5.41, 5.74) is 4.85. The lowest BCUT2D eigenvalue weighted by atomic mass is 9.60. The molecule has 1 aromatic heterocycles. The number of nitrogens with zero attached hydrogens (tertiary/aromatic N) is 1. The second kappa shape index (κ2) is 7.93. The van der Waals surface area contributed by atoms with Crippen LogP contribution in [0.5, 0.6) is 5.75 Å². The first-order chi connectivity index (χ1) is 15.4. The molecule has 1 unspecified atom stereocenters. The van der Waals surface area contributed by atoms with E-state index in [1.807, 2.05) is 18.3 Å². The van der Waals surface area contributed by atoms with Crippen LogP contribution in [-0.4, -0.2) is 40.8 Å². The van der Waals surface area contributed by atoms with Crippen molar-refractivity contribution in [2.45, 2.75) is 51.4 Å². The zero-order valence-corrected chi connectivity index (χ0v) is 18.5. The average Bonchev–Trinajstić information content (AvgIpc) is 3.26. The van der Waals surface area contributed by atoms with Gasteiger partial charge in [-0.05, 0) is 80.0 Å². The number of benzene rings is 2. The summed E-state index contributed by atoms with van der Waals surface area (Å²) in [7, 11) is 1.71. The highest BCUT2D eigenvalue weighted by Gasteiger charge is 2.49. The van der Waals surface area contributed by atoms with Crippen molar-refractivity contribution >= 4 is 16.9 Å². The number of methoxy groups -OCH3 is 1. The van der Waals surface area contributed by atoms with Crippen molar-refractivity contribution in [3.8, 4) is 5.75 Å². The van der Waals surface area contributed by atoms with Gasteiger partial charge in [-0.15, -0.1) is 0 Å². The Balaban J connectivity index is 1.50. The van der Waals surface area contributed by atoms with E-state index in [2.05, 4.69) is 28.9 Å². The number of nitrogens with one attached hydrogen (secondary N) is 1. The molecule has 168 valence electrons. The number of aryl methyl sites for hydroxylation is 1. The Kier molecular flexibility index (Phi) is 5.20. The average molecular weight is 437 g/mol. The van der Waals surface area contributed by atoms with Crippen LogP contribution in [-0.2, 0) is 6.54 Å². The number of fused-ring (bicyclic) bond motifs is 1. The first-order valence-corrected chi connectivity index (χ1v) is 11.2. The van der Waals surface area contributed by atoms with Crippen molar-refractivity contribution in [2.24, 2.45) is 5.41 Å². The van der Waals surface area contributed by atoms with Gasteiger partial charge in [-0.2, -0.15) is 0 Å². The van der Waals surface area contributed by atoms with E-state index in [0.29, 0.717) is 12.8 Å². The van der Waals surface area contributed by atoms with E-state index in [0.717, 1.165) is 59.3 Å². The van der Waals surface area contributed by atoms with Crippen LogP contribution in [0.4, 0.5) is 4.39 Å². The lowest BCUT2D eigenvalue weighted by Crippen LogP contribution is -2.49. The number of aromatic amines is 1. The van der Waals surface area contributed by atoms with E-state index < -0.39 is 12.1 Å². The van der Waals surface area contributed by atoms with Crippen LogP contribution in [0.15, 0.2) is 42.6 Å². The molecule has 3 aromatic rings. The van der Waals surface area contributed by atoms with E-state index in [-0.39, 0.29) is 17.0 Å². The van der Waals surface area contributed by atoms with Crippen molar-refractivity contribution in [3.05, 3.63) is 64.8 Å². The number of hydrogen-bond donors (Lipinski definition) is 2. The van der Waals surface area contributed by atoms with E-state index in [9.17, 15) is 14.3 Å². The number of hydrogen-bond acceptors (Lipinski definition) is 3. The number of aromatic nitrogens is 1. The lowest BCUT2D eigenvalue weighted by Gasteiger charge is -2.53. The molecule has 5 nitrogen and oxygen atoms in total. The number of H-pyrrole nitrogens is 1. The maximum atomic E-state index is 13.8. The number of carboxylic acid groups (broad SMARTS) is 1. The molecule has 2 fully saturated rings. The standard InChI is InChI=1S/C26H29FN2O3/c1-16-11-23(32-2)21(20-7-9-28-24(16)20)15-29-10-8-26(12-19(27)13-26)14-22(29)17-3-5-18(6-4-17)25(30)31/h3-7,9,11,19,22,28H,8,10,12-15H2,1-2H3,(H,30,31). The molecule has 5 rings (SSSR count). The van der Waals surface area contributed by atoms with E-state index in [1.165, 1.54) is 0 Å². The summed E-state index contributed by atoms with van der Waals surface area (Å²) in [6.45, 7) is 3.67. The number of alkyl halides is 1. The molecule has 1 atom stereocenters. The molecule has 2 aromatic carbocycles. The highest BCUT2D eigenvalue weighted by atomic mass is 19.1. The number of ether oxygens (including phenoxy) is 1. The Morgan fingerprint density at radius 3 is 2.66 bits per heavy atom. The van der Waals surface area contributed by atoms with Crippen LogP contribution in [0.3, 0.4) is 0 Å². The lowest BCUT2D eigenvalue weighted by molar-refractivity contribution is -0.0560. The smallest absolute Gasteiger partial charge is 0.335 e. The first kappa shape index (κ1) is 21.0.